The quantitative estimate of drug-likeness (QED) is 0.306. The Labute approximate surface area is 239 Å². The molecular formula is C32H41N3O4S. The number of nitrogens with one attached hydrogen (secondary N) is 1. The molecule has 0 unspecified atom stereocenters. The van der Waals surface area contributed by atoms with E-state index < -0.39 is 28.5 Å². The van der Waals surface area contributed by atoms with Gasteiger partial charge in [0.25, 0.3) is 10.0 Å². The van der Waals surface area contributed by atoms with Gasteiger partial charge < -0.3 is 10.2 Å². The van der Waals surface area contributed by atoms with E-state index in [1.807, 2.05) is 56.3 Å². The average Bonchev–Trinajstić information content (AvgIpc) is 2.95. The summed E-state index contributed by atoms with van der Waals surface area (Å²) >= 11 is 0. The summed E-state index contributed by atoms with van der Waals surface area (Å²) in [5, 5.41) is 2.86. The monoisotopic (exact) mass is 563 g/mol. The standard InChI is InChI=1S/C32H41N3O4S/c1-6-21-33-32(37)26(5)34(22-20-27-10-8-7-9-11-27)31(36)23-35(29-16-14-28(15-17-29)24(2)3)40(38,39)30-18-12-25(4)13-19-30/h7-19,24,26H,6,20-23H2,1-5H3,(H,33,37)/t26-/m1/s1. The van der Waals surface area contributed by atoms with Crippen molar-refractivity contribution in [3.63, 3.8) is 0 Å². The van der Waals surface area contributed by atoms with Crippen LogP contribution < -0.4 is 9.62 Å². The molecule has 0 aliphatic rings. The van der Waals surface area contributed by atoms with Crippen molar-refractivity contribution in [2.75, 3.05) is 23.9 Å². The van der Waals surface area contributed by atoms with Gasteiger partial charge in [-0.25, -0.2) is 8.42 Å². The first kappa shape index (κ1) is 30.9. The van der Waals surface area contributed by atoms with Crippen molar-refractivity contribution in [3.05, 3.63) is 95.6 Å². The normalized spacial score (nSPS) is 12.2. The molecule has 0 bridgehead atoms. The van der Waals surface area contributed by atoms with Crippen LogP contribution in [0.3, 0.4) is 0 Å². The second-order valence-corrected chi connectivity index (χ2v) is 12.2. The second kappa shape index (κ2) is 14.1. The molecule has 3 aromatic carbocycles. The summed E-state index contributed by atoms with van der Waals surface area (Å²) in [6, 6.07) is 22.8. The van der Waals surface area contributed by atoms with Gasteiger partial charge >= 0.3 is 0 Å². The highest BCUT2D eigenvalue weighted by atomic mass is 32.2. The molecule has 1 atom stereocenters. The number of aryl methyl sites for hydroxylation is 1. The largest absolute Gasteiger partial charge is 0.354 e. The van der Waals surface area contributed by atoms with Gasteiger partial charge in [0.05, 0.1) is 10.6 Å². The maximum atomic E-state index is 13.9. The summed E-state index contributed by atoms with van der Waals surface area (Å²) in [5.74, 6) is -0.440. The Bertz CT molecular complexity index is 1360. The summed E-state index contributed by atoms with van der Waals surface area (Å²) in [5.41, 5.74) is 3.41. The average molecular weight is 564 g/mol. The van der Waals surface area contributed by atoms with E-state index in [0.717, 1.165) is 27.4 Å². The van der Waals surface area contributed by atoms with Crippen molar-refractivity contribution < 1.29 is 18.0 Å². The molecule has 0 radical (unpaired) electrons. The van der Waals surface area contributed by atoms with Crippen molar-refractivity contribution in [3.8, 4) is 0 Å². The molecule has 0 saturated heterocycles. The number of anilines is 1. The van der Waals surface area contributed by atoms with Crippen molar-refractivity contribution in [2.45, 2.75) is 64.3 Å². The van der Waals surface area contributed by atoms with Gasteiger partial charge in [0.1, 0.15) is 12.6 Å². The highest BCUT2D eigenvalue weighted by Crippen LogP contribution is 2.26. The van der Waals surface area contributed by atoms with Crippen LogP contribution in [0.2, 0.25) is 0 Å². The fourth-order valence-corrected chi connectivity index (χ4v) is 5.77. The number of carbonyl (C=O) groups excluding carboxylic acids is 2. The van der Waals surface area contributed by atoms with Crippen LogP contribution in [0.25, 0.3) is 0 Å². The van der Waals surface area contributed by atoms with Gasteiger partial charge in [-0.15, -0.1) is 0 Å². The van der Waals surface area contributed by atoms with Gasteiger partial charge in [0, 0.05) is 13.1 Å². The third-order valence-electron chi connectivity index (χ3n) is 6.94. The maximum absolute atomic E-state index is 13.9. The summed E-state index contributed by atoms with van der Waals surface area (Å²) in [4.78, 5) is 28.4. The molecule has 0 fully saturated rings. The third-order valence-corrected chi connectivity index (χ3v) is 8.72. The van der Waals surface area contributed by atoms with Crippen LogP contribution in [-0.2, 0) is 26.0 Å². The van der Waals surface area contributed by atoms with Crippen LogP contribution in [0.1, 0.15) is 56.7 Å². The molecule has 1 N–H and O–H groups in total. The number of rotatable bonds is 13. The first-order chi connectivity index (χ1) is 19.0. The lowest BCUT2D eigenvalue weighted by atomic mass is 10.0. The number of amides is 2. The molecule has 7 nitrogen and oxygen atoms in total. The van der Waals surface area contributed by atoms with Crippen molar-refractivity contribution in [1.29, 1.82) is 0 Å². The van der Waals surface area contributed by atoms with Crippen LogP contribution in [0.4, 0.5) is 5.69 Å². The van der Waals surface area contributed by atoms with E-state index in [0.29, 0.717) is 18.7 Å². The Hall–Kier alpha value is -3.65. The van der Waals surface area contributed by atoms with Crippen LogP contribution >= 0.6 is 0 Å². The third kappa shape index (κ3) is 7.94. The molecule has 0 spiro atoms. The fourth-order valence-electron chi connectivity index (χ4n) is 4.36. The Morgan fingerprint density at radius 3 is 2.08 bits per heavy atom. The summed E-state index contributed by atoms with van der Waals surface area (Å²) in [6.07, 6.45) is 1.30. The molecule has 8 heteroatoms. The molecule has 40 heavy (non-hydrogen) atoms. The minimum absolute atomic E-state index is 0.100. The minimum Gasteiger partial charge on any atom is -0.354 e. The number of carbonyl (C=O) groups is 2. The highest BCUT2D eigenvalue weighted by Gasteiger charge is 2.32. The van der Waals surface area contributed by atoms with E-state index in [2.05, 4.69) is 19.2 Å². The molecule has 214 valence electrons. The molecule has 3 aromatic rings. The summed E-state index contributed by atoms with van der Waals surface area (Å²) in [6.45, 7) is 10.00. The van der Waals surface area contributed by atoms with E-state index in [9.17, 15) is 18.0 Å². The lowest BCUT2D eigenvalue weighted by Crippen LogP contribution is -2.52. The minimum atomic E-state index is -4.07. The second-order valence-electron chi connectivity index (χ2n) is 10.4. The predicted molar refractivity (Wildman–Crippen MR) is 161 cm³/mol. The fraction of sp³-hybridized carbons (Fsp3) is 0.375. The van der Waals surface area contributed by atoms with Crippen LogP contribution in [0.15, 0.2) is 83.8 Å². The first-order valence-electron chi connectivity index (χ1n) is 13.8. The topological polar surface area (TPSA) is 86.8 Å². The molecule has 0 saturated carbocycles. The molecule has 0 aliphatic heterocycles. The zero-order chi connectivity index (χ0) is 29.3. The van der Waals surface area contributed by atoms with Gasteiger partial charge in [-0.05, 0) is 68.0 Å². The zero-order valence-corrected chi connectivity index (χ0v) is 24.9. The molecule has 0 heterocycles. The van der Waals surface area contributed by atoms with Gasteiger partial charge in [0.2, 0.25) is 11.8 Å². The van der Waals surface area contributed by atoms with Crippen molar-refractivity contribution in [2.24, 2.45) is 0 Å². The van der Waals surface area contributed by atoms with E-state index >= 15 is 0 Å². The van der Waals surface area contributed by atoms with Crippen LogP contribution in [0, 0.1) is 6.92 Å². The van der Waals surface area contributed by atoms with Crippen molar-refractivity contribution >= 4 is 27.5 Å². The lowest BCUT2D eigenvalue weighted by Gasteiger charge is -2.32. The molecule has 0 aromatic heterocycles. The van der Waals surface area contributed by atoms with E-state index in [4.69, 9.17) is 0 Å². The predicted octanol–water partition coefficient (Wildman–Crippen LogP) is 5.30. The van der Waals surface area contributed by atoms with Crippen LogP contribution in [0.5, 0.6) is 0 Å². The number of hydrogen-bond acceptors (Lipinski definition) is 4. The SMILES string of the molecule is CCCNC(=O)[C@@H](C)N(CCc1ccccc1)C(=O)CN(c1ccc(C(C)C)cc1)S(=O)(=O)c1ccc(C)cc1. The number of sulfonamides is 1. The first-order valence-corrected chi connectivity index (χ1v) is 15.3. The highest BCUT2D eigenvalue weighted by molar-refractivity contribution is 7.92. The van der Waals surface area contributed by atoms with Gasteiger partial charge in [0.15, 0.2) is 0 Å². The molecule has 2 amide bonds. The number of nitrogens with zero attached hydrogens (tertiary/aromatic N) is 2. The molecule has 3 rings (SSSR count). The summed E-state index contributed by atoms with van der Waals surface area (Å²) < 4.78 is 29.0. The Kier molecular flexibility index (Phi) is 10.9. The Morgan fingerprint density at radius 2 is 1.50 bits per heavy atom. The van der Waals surface area contributed by atoms with Gasteiger partial charge in [-0.1, -0.05) is 80.9 Å². The summed E-state index contributed by atoms with van der Waals surface area (Å²) in [7, 11) is -4.07. The van der Waals surface area contributed by atoms with E-state index in [1.54, 1.807) is 43.3 Å². The molecule has 0 aliphatic carbocycles. The van der Waals surface area contributed by atoms with Gasteiger partial charge in [-0.2, -0.15) is 0 Å². The van der Waals surface area contributed by atoms with Gasteiger partial charge in [-0.3, -0.25) is 13.9 Å². The Morgan fingerprint density at radius 1 is 0.875 bits per heavy atom. The number of hydrogen-bond donors (Lipinski definition) is 1. The van der Waals surface area contributed by atoms with Crippen molar-refractivity contribution in [1.82, 2.24) is 10.2 Å². The lowest BCUT2D eigenvalue weighted by molar-refractivity contribution is -0.138. The number of benzene rings is 3. The smallest absolute Gasteiger partial charge is 0.264 e. The Balaban J connectivity index is 1.98. The van der Waals surface area contributed by atoms with Crippen LogP contribution in [-0.4, -0.2) is 50.8 Å². The molecular weight excluding hydrogens is 522 g/mol. The van der Waals surface area contributed by atoms with E-state index in [-0.39, 0.29) is 23.3 Å². The zero-order valence-electron chi connectivity index (χ0n) is 24.1. The maximum Gasteiger partial charge on any atom is 0.264 e. The van der Waals surface area contributed by atoms with E-state index in [1.165, 1.54) is 4.90 Å².